The molecule has 9 nitrogen and oxygen atoms in total. The molecule has 0 aromatic carbocycles. The number of nitrogens with one attached hydrogen (secondary N) is 2. The van der Waals surface area contributed by atoms with Crippen LogP contribution in [0.3, 0.4) is 0 Å². The molecule has 0 saturated carbocycles. The van der Waals surface area contributed by atoms with Crippen LogP contribution in [0.15, 0.2) is 11.1 Å². The van der Waals surface area contributed by atoms with Crippen LogP contribution in [0.25, 0.3) is 11.2 Å². The molecule has 3 heterocycles. The van der Waals surface area contributed by atoms with Crippen molar-refractivity contribution in [2.45, 2.75) is 45.6 Å². The van der Waals surface area contributed by atoms with Crippen molar-refractivity contribution in [2.24, 2.45) is 5.92 Å². The van der Waals surface area contributed by atoms with Crippen molar-refractivity contribution in [2.75, 3.05) is 5.32 Å². The Kier molecular flexibility index (Phi) is 3.58. The number of hydrogen-bond donors (Lipinski definition) is 3. The van der Waals surface area contributed by atoms with E-state index in [1.54, 1.807) is 13.8 Å². The molecule has 1 aliphatic heterocycles. The van der Waals surface area contributed by atoms with Gasteiger partial charge in [0, 0.05) is 13.7 Å². The fourth-order valence-electron chi connectivity index (χ4n) is 2.34. The Morgan fingerprint density at radius 2 is 2.43 bits per heavy atom. The van der Waals surface area contributed by atoms with Crippen molar-refractivity contribution >= 4 is 23.0 Å². The highest BCUT2D eigenvalue weighted by Crippen LogP contribution is 2.30. The number of aliphatic hydroxyl groups excluding tert-OH is 1. The average molecular weight is 322 g/mol. The first-order valence-corrected chi connectivity index (χ1v) is 7.31. The highest BCUT2D eigenvalue weighted by Gasteiger charge is 2.33. The molecule has 1 fully saturated rings. The van der Waals surface area contributed by atoms with Crippen LogP contribution in [0, 0.1) is 5.92 Å². The number of anilines is 1. The van der Waals surface area contributed by atoms with Gasteiger partial charge in [-0.3, -0.25) is 24.5 Å². The maximum absolute atomic E-state index is 12.1. The molecule has 1 saturated heterocycles. The van der Waals surface area contributed by atoms with Gasteiger partial charge in [0.05, 0.1) is 18.5 Å². The highest BCUT2D eigenvalue weighted by molar-refractivity contribution is 5.91. The van der Waals surface area contributed by atoms with E-state index in [0.717, 1.165) is 0 Å². The van der Waals surface area contributed by atoms with Crippen LogP contribution in [-0.4, -0.2) is 42.7 Å². The quantitative estimate of drug-likeness (QED) is 0.751. The van der Waals surface area contributed by atoms with E-state index < -0.39 is 24.0 Å². The number of hydrogen-bond acceptors (Lipinski definition) is 6. The second kappa shape index (κ2) is 5.74. The molecule has 0 radical (unpaired) electrons. The first-order valence-electron chi connectivity index (χ1n) is 8.02. The zero-order valence-corrected chi connectivity index (χ0v) is 12.8. The number of rotatable bonds is 3. The molecule has 2 unspecified atom stereocenters. The lowest BCUT2D eigenvalue weighted by atomic mass is 10.2. The molecule has 2 aromatic heterocycles. The summed E-state index contributed by atoms with van der Waals surface area (Å²) in [6.45, 7) is 3.39. The Balaban J connectivity index is 1.97. The van der Waals surface area contributed by atoms with Crippen LogP contribution in [0.1, 0.15) is 34.8 Å². The summed E-state index contributed by atoms with van der Waals surface area (Å²) in [5.41, 5.74) is -0.112. The summed E-state index contributed by atoms with van der Waals surface area (Å²) < 4.78 is 14.5. The summed E-state index contributed by atoms with van der Waals surface area (Å²) in [6.07, 6.45) is -0.230. The smallest absolute Gasteiger partial charge is 0.280 e. The standard InChI is InChI=1S/C14H19N5O4/c1-6(2)12(21)17-14-16-11-10(13(22)18-14)15-5-19(11)9-4-8(20)7(3)23-9/h5-9,20H,4H2,1-3H3,(H2,16,17,18,21,22)/t7?,8-,9?/m0/s1/i3D. The number of aromatic amines is 1. The Morgan fingerprint density at radius 3 is 3.09 bits per heavy atom. The largest absolute Gasteiger partial charge is 0.390 e. The summed E-state index contributed by atoms with van der Waals surface area (Å²) in [5.74, 6) is -0.504. The molecule has 23 heavy (non-hydrogen) atoms. The number of carbonyl (C=O) groups is 1. The molecule has 0 bridgehead atoms. The van der Waals surface area contributed by atoms with E-state index in [9.17, 15) is 14.7 Å². The average Bonchev–Trinajstić information content (AvgIpc) is 3.10. The Hall–Kier alpha value is -2.26. The van der Waals surface area contributed by atoms with Crippen LogP contribution in [0.2, 0.25) is 0 Å². The predicted octanol–water partition coefficient (Wildman–Crippen LogP) is 0.382. The Bertz CT molecular complexity index is 817. The van der Waals surface area contributed by atoms with Gasteiger partial charge in [-0.1, -0.05) is 13.8 Å². The van der Waals surface area contributed by atoms with E-state index in [4.69, 9.17) is 6.11 Å². The van der Waals surface area contributed by atoms with Gasteiger partial charge >= 0.3 is 0 Å². The number of carbonyl (C=O) groups excluding carboxylic acids is 1. The molecule has 3 rings (SSSR count). The van der Waals surface area contributed by atoms with Crippen LogP contribution in [-0.2, 0) is 9.53 Å². The number of fused-ring (bicyclic) bond motifs is 1. The molecule has 9 heteroatoms. The number of ether oxygens (including phenoxy) is 1. The van der Waals surface area contributed by atoms with Crippen molar-refractivity contribution in [3.63, 3.8) is 0 Å². The fraction of sp³-hybridized carbons (Fsp3) is 0.571. The maximum Gasteiger partial charge on any atom is 0.280 e. The second-order valence-electron chi connectivity index (χ2n) is 5.81. The van der Waals surface area contributed by atoms with Crippen molar-refractivity contribution in [3.05, 3.63) is 16.7 Å². The fourth-order valence-corrected chi connectivity index (χ4v) is 2.34. The summed E-state index contributed by atoms with van der Waals surface area (Å²) >= 11 is 0. The zero-order valence-electron chi connectivity index (χ0n) is 13.8. The summed E-state index contributed by atoms with van der Waals surface area (Å²) in [4.78, 5) is 34.7. The van der Waals surface area contributed by atoms with Gasteiger partial charge in [0.15, 0.2) is 11.2 Å². The van der Waals surface area contributed by atoms with Gasteiger partial charge in [-0.05, 0) is 6.90 Å². The van der Waals surface area contributed by atoms with Gasteiger partial charge in [-0.25, -0.2) is 4.98 Å². The van der Waals surface area contributed by atoms with Gasteiger partial charge in [-0.2, -0.15) is 4.98 Å². The lowest BCUT2D eigenvalue weighted by molar-refractivity contribution is -0.118. The number of aliphatic hydroxyl groups is 1. The third kappa shape index (κ3) is 2.84. The predicted molar refractivity (Wildman–Crippen MR) is 81.8 cm³/mol. The first kappa shape index (κ1) is 14.3. The van der Waals surface area contributed by atoms with Crippen molar-refractivity contribution in [3.8, 4) is 0 Å². The van der Waals surface area contributed by atoms with E-state index >= 15 is 0 Å². The van der Waals surface area contributed by atoms with Gasteiger partial charge in [0.1, 0.15) is 6.23 Å². The number of H-pyrrole nitrogens is 1. The van der Waals surface area contributed by atoms with Crippen LogP contribution >= 0.6 is 0 Å². The van der Waals surface area contributed by atoms with Crippen molar-refractivity contribution in [1.29, 1.82) is 0 Å². The minimum atomic E-state index is -0.757. The van der Waals surface area contributed by atoms with E-state index in [1.807, 2.05) is 0 Å². The highest BCUT2D eigenvalue weighted by atomic mass is 16.5. The number of amides is 1. The molecule has 124 valence electrons. The number of aromatic nitrogens is 4. The van der Waals surface area contributed by atoms with Gasteiger partial charge in [-0.15, -0.1) is 0 Å². The lowest BCUT2D eigenvalue weighted by Crippen LogP contribution is -2.22. The minimum Gasteiger partial charge on any atom is -0.390 e. The maximum atomic E-state index is 12.1. The third-order valence-corrected chi connectivity index (χ3v) is 3.71. The first-order chi connectivity index (χ1) is 11.4. The van der Waals surface area contributed by atoms with Gasteiger partial charge in [0.2, 0.25) is 11.9 Å². The van der Waals surface area contributed by atoms with Crippen LogP contribution in [0.5, 0.6) is 0 Å². The molecule has 3 atom stereocenters. The molecular formula is C14H19N5O4. The van der Waals surface area contributed by atoms with Gasteiger partial charge in [0.25, 0.3) is 5.56 Å². The molecule has 0 aliphatic carbocycles. The number of imidazole rings is 1. The molecule has 0 spiro atoms. The molecule has 1 amide bonds. The molecule has 1 aliphatic rings. The SMILES string of the molecule is [2H]CC1OC(n2cnc3c(=O)[nH]c(NC(=O)C(C)C)nc32)C[C@@H]1O. The van der Waals surface area contributed by atoms with E-state index in [-0.39, 0.29) is 42.3 Å². The Labute approximate surface area is 133 Å². The topological polar surface area (TPSA) is 122 Å². The lowest BCUT2D eigenvalue weighted by Gasteiger charge is -2.13. The summed E-state index contributed by atoms with van der Waals surface area (Å²) in [7, 11) is 0. The minimum absolute atomic E-state index is 0.0311. The van der Waals surface area contributed by atoms with E-state index in [0.29, 0.717) is 0 Å². The molecule has 3 N–H and O–H groups in total. The molecular weight excluding hydrogens is 302 g/mol. The number of nitrogens with zero attached hydrogens (tertiary/aromatic N) is 3. The van der Waals surface area contributed by atoms with E-state index in [2.05, 4.69) is 20.3 Å². The van der Waals surface area contributed by atoms with Crippen molar-refractivity contribution < 1.29 is 16.0 Å². The summed E-state index contributed by atoms with van der Waals surface area (Å²) in [5, 5.41) is 12.4. The molecule has 2 aromatic rings. The normalized spacial score (nSPS) is 25.0. The van der Waals surface area contributed by atoms with Gasteiger partial charge < -0.3 is 9.84 Å². The van der Waals surface area contributed by atoms with Crippen LogP contribution < -0.4 is 10.9 Å². The van der Waals surface area contributed by atoms with Crippen molar-refractivity contribution in [1.82, 2.24) is 19.5 Å². The Morgan fingerprint density at radius 1 is 1.65 bits per heavy atom. The third-order valence-electron chi connectivity index (χ3n) is 3.71. The second-order valence-corrected chi connectivity index (χ2v) is 5.81. The zero-order chi connectivity index (χ0) is 17.4. The monoisotopic (exact) mass is 322 g/mol. The summed E-state index contributed by atoms with van der Waals surface area (Å²) in [6, 6.07) is 0. The van der Waals surface area contributed by atoms with E-state index in [1.165, 1.54) is 10.9 Å². The van der Waals surface area contributed by atoms with Crippen LogP contribution in [0.4, 0.5) is 5.95 Å².